The van der Waals surface area contributed by atoms with E-state index < -0.39 is 5.66 Å². The van der Waals surface area contributed by atoms with Crippen LogP contribution in [0.5, 0.6) is 5.75 Å². The van der Waals surface area contributed by atoms with Crippen LogP contribution in [0.1, 0.15) is 32.3 Å². The van der Waals surface area contributed by atoms with Gasteiger partial charge in [-0.3, -0.25) is 4.90 Å². The highest BCUT2D eigenvalue weighted by molar-refractivity contribution is 6.30. The number of piperidine rings is 1. The Morgan fingerprint density at radius 3 is 2.68 bits per heavy atom. The molecule has 19 heavy (non-hydrogen) atoms. The van der Waals surface area contributed by atoms with Crippen LogP contribution in [0.25, 0.3) is 0 Å². The van der Waals surface area contributed by atoms with Crippen LogP contribution in [0.15, 0.2) is 18.2 Å². The Morgan fingerprint density at radius 2 is 2.05 bits per heavy atom. The van der Waals surface area contributed by atoms with Crippen molar-refractivity contribution in [2.75, 3.05) is 13.1 Å². The fourth-order valence-electron chi connectivity index (χ4n) is 2.71. The van der Waals surface area contributed by atoms with Gasteiger partial charge in [-0.1, -0.05) is 18.5 Å². The molecule has 106 valence electrons. The molecular weight excluding hydrogens is 260 g/mol. The first-order valence-corrected chi connectivity index (χ1v) is 7.27. The number of aromatic hydroxyl groups is 1. The number of hydrogen-bond donors (Lipinski definition) is 2. The lowest BCUT2D eigenvalue weighted by atomic mass is 9.93. The minimum absolute atomic E-state index is 0.270. The molecule has 3 N–H and O–H groups in total. The van der Waals surface area contributed by atoms with Crippen molar-refractivity contribution in [3.63, 3.8) is 0 Å². The van der Waals surface area contributed by atoms with E-state index in [1.807, 2.05) is 6.92 Å². The number of benzene rings is 1. The summed E-state index contributed by atoms with van der Waals surface area (Å²) in [5.41, 5.74) is 6.83. The molecule has 0 radical (unpaired) electrons. The fourth-order valence-corrected chi connectivity index (χ4v) is 2.91. The zero-order chi connectivity index (χ0) is 14.0. The Labute approximate surface area is 120 Å². The summed E-state index contributed by atoms with van der Waals surface area (Å²) in [5, 5.41) is 10.5. The van der Waals surface area contributed by atoms with Crippen molar-refractivity contribution in [3.8, 4) is 5.75 Å². The maximum atomic E-state index is 9.91. The molecule has 0 aliphatic carbocycles. The van der Waals surface area contributed by atoms with E-state index >= 15 is 0 Å². The van der Waals surface area contributed by atoms with Gasteiger partial charge in [0.2, 0.25) is 0 Å². The molecule has 1 aliphatic heterocycles. The van der Waals surface area contributed by atoms with Gasteiger partial charge < -0.3 is 10.8 Å². The molecule has 0 saturated carbocycles. The van der Waals surface area contributed by atoms with Gasteiger partial charge in [0.15, 0.2) is 0 Å². The van der Waals surface area contributed by atoms with Crippen molar-refractivity contribution in [1.29, 1.82) is 0 Å². The van der Waals surface area contributed by atoms with Gasteiger partial charge in [0.1, 0.15) is 5.75 Å². The van der Waals surface area contributed by atoms with Crippen LogP contribution in [-0.2, 0) is 6.42 Å². The van der Waals surface area contributed by atoms with Gasteiger partial charge in [0.05, 0.1) is 5.66 Å². The molecule has 1 aromatic rings. The van der Waals surface area contributed by atoms with Crippen molar-refractivity contribution in [2.45, 2.75) is 38.8 Å². The number of nitrogens with zero attached hydrogens (tertiary/aromatic N) is 1. The highest BCUT2D eigenvalue weighted by atomic mass is 35.5. The molecule has 1 atom stereocenters. The molecule has 4 heteroatoms. The molecular formula is C15H23ClN2O. The number of nitrogens with two attached hydrogens (primary N) is 1. The molecule has 0 bridgehead atoms. The second-order valence-electron chi connectivity index (χ2n) is 5.98. The molecule has 1 saturated heterocycles. The van der Waals surface area contributed by atoms with Crippen LogP contribution in [0, 0.1) is 5.92 Å². The Hall–Kier alpha value is -0.770. The minimum atomic E-state index is -0.442. The highest BCUT2D eigenvalue weighted by Crippen LogP contribution is 2.28. The third kappa shape index (κ3) is 3.62. The molecule has 1 aliphatic rings. The second kappa shape index (κ2) is 5.70. The van der Waals surface area contributed by atoms with Crippen molar-refractivity contribution in [2.24, 2.45) is 11.7 Å². The summed E-state index contributed by atoms with van der Waals surface area (Å²) in [6.45, 7) is 6.36. The Morgan fingerprint density at radius 1 is 1.42 bits per heavy atom. The van der Waals surface area contributed by atoms with Gasteiger partial charge in [-0.05, 0) is 49.4 Å². The van der Waals surface area contributed by atoms with Crippen LogP contribution in [-0.4, -0.2) is 28.8 Å². The molecule has 0 spiro atoms. The quantitative estimate of drug-likeness (QED) is 0.896. The Kier molecular flexibility index (Phi) is 4.39. The first-order chi connectivity index (χ1) is 8.88. The van der Waals surface area contributed by atoms with E-state index in [-0.39, 0.29) is 5.75 Å². The van der Waals surface area contributed by atoms with Crippen molar-refractivity contribution >= 4 is 11.6 Å². The van der Waals surface area contributed by atoms with E-state index in [1.54, 1.807) is 18.2 Å². The van der Waals surface area contributed by atoms with E-state index in [2.05, 4.69) is 11.8 Å². The van der Waals surface area contributed by atoms with Gasteiger partial charge >= 0.3 is 0 Å². The van der Waals surface area contributed by atoms with Crippen LogP contribution >= 0.6 is 11.6 Å². The number of phenols is 1. The van der Waals surface area contributed by atoms with E-state index in [0.29, 0.717) is 11.4 Å². The number of likely N-dealkylation sites (tertiary alicyclic amines) is 1. The van der Waals surface area contributed by atoms with Crippen LogP contribution in [0.4, 0.5) is 0 Å². The van der Waals surface area contributed by atoms with Gasteiger partial charge in [-0.25, -0.2) is 0 Å². The molecule has 1 unspecified atom stereocenters. The van der Waals surface area contributed by atoms with Crippen molar-refractivity contribution in [3.05, 3.63) is 28.8 Å². The summed E-state index contributed by atoms with van der Waals surface area (Å²) in [7, 11) is 0. The van der Waals surface area contributed by atoms with Crippen molar-refractivity contribution < 1.29 is 5.11 Å². The number of hydrogen-bond acceptors (Lipinski definition) is 3. The highest BCUT2D eigenvalue weighted by Gasteiger charge is 2.31. The smallest absolute Gasteiger partial charge is 0.118 e. The van der Waals surface area contributed by atoms with Crippen molar-refractivity contribution in [1.82, 2.24) is 4.90 Å². The average molecular weight is 283 g/mol. The molecule has 1 heterocycles. The molecule has 1 fully saturated rings. The summed E-state index contributed by atoms with van der Waals surface area (Å²) in [6.07, 6.45) is 2.98. The largest absolute Gasteiger partial charge is 0.508 e. The predicted molar refractivity (Wildman–Crippen MR) is 79.4 cm³/mol. The molecule has 2 rings (SSSR count). The van der Waals surface area contributed by atoms with E-state index in [0.717, 1.165) is 24.6 Å². The second-order valence-corrected chi connectivity index (χ2v) is 6.41. The zero-order valence-electron chi connectivity index (χ0n) is 11.7. The van der Waals surface area contributed by atoms with Crippen LogP contribution in [0.3, 0.4) is 0 Å². The SMILES string of the molecule is CC1CCN(C(C)(N)Cc2cc(Cl)ccc2O)CC1. The molecule has 3 nitrogen and oxygen atoms in total. The topological polar surface area (TPSA) is 49.5 Å². The Bertz CT molecular complexity index is 440. The van der Waals surface area contributed by atoms with Gasteiger partial charge in [0.25, 0.3) is 0 Å². The lowest BCUT2D eigenvalue weighted by Crippen LogP contribution is -2.57. The first kappa shape index (κ1) is 14.6. The monoisotopic (exact) mass is 282 g/mol. The van der Waals surface area contributed by atoms with Gasteiger partial charge in [-0.15, -0.1) is 0 Å². The van der Waals surface area contributed by atoms with Gasteiger partial charge in [-0.2, -0.15) is 0 Å². The molecule has 0 amide bonds. The zero-order valence-corrected chi connectivity index (χ0v) is 12.5. The lowest BCUT2D eigenvalue weighted by molar-refractivity contribution is 0.0690. The van der Waals surface area contributed by atoms with E-state index in [1.165, 1.54) is 12.8 Å². The van der Waals surface area contributed by atoms with Crippen LogP contribution in [0.2, 0.25) is 5.02 Å². The molecule has 0 aromatic heterocycles. The predicted octanol–water partition coefficient (Wildman–Crippen LogP) is 2.99. The summed E-state index contributed by atoms with van der Waals surface area (Å²) in [6, 6.07) is 5.12. The number of phenolic OH excluding ortho intramolecular Hbond substituents is 1. The third-order valence-electron chi connectivity index (χ3n) is 4.10. The maximum Gasteiger partial charge on any atom is 0.118 e. The third-order valence-corrected chi connectivity index (χ3v) is 4.33. The summed E-state index contributed by atoms with van der Waals surface area (Å²) >= 11 is 5.99. The first-order valence-electron chi connectivity index (χ1n) is 6.90. The number of halogens is 1. The lowest BCUT2D eigenvalue weighted by Gasteiger charge is -2.42. The fraction of sp³-hybridized carbons (Fsp3) is 0.600. The van der Waals surface area contributed by atoms with Gasteiger partial charge in [0, 0.05) is 24.5 Å². The average Bonchev–Trinajstić information content (AvgIpc) is 2.34. The van der Waals surface area contributed by atoms with E-state index in [4.69, 9.17) is 17.3 Å². The summed E-state index contributed by atoms with van der Waals surface area (Å²) in [5.74, 6) is 1.05. The molecule has 1 aromatic carbocycles. The summed E-state index contributed by atoms with van der Waals surface area (Å²) < 4.78 is 0. The standard InChI is InChI=1S/C15H23ClN2O/c1-11-5-7-18(8-6-11)15(2,17)10-12-9-13(16)3-4-14(12)19/h3-4,9,11,19H,5-8,10,17H2,1-2H3. The maximum absolute atomic E-state index is 9.91. The van der Waals surface area contributed by atoms with Crippen LogP contribution < -0.4 is 5.73 Å². The summed E-state index contributed by atoms with van der Waals surface area (Å²) in [4.78, 5) is 2.31. The minimum Gasteiger partial charge on any atom is -0.508 e. The number of rotatable bonds is 3. The normalized spacial score (nSPS) is 21.3. The Balaban J connectivity index is 2.09. The van der Waals surface area contributed by atoms with E-state index in [9.17, 15) is 5.11 Å².